The van der Waals surface area contributed by atoms with E-state index in [-0.39, 0.29) is 11.0 Å². The maximum absolute atomic E-state index is 12.0. The van der Waals surface area contributed by atoms with Crippen molar-refractivity contribution in [2.45, 2.75) is 13.5 Å². The monoisotopic (exact) mass is 271 g/mol. The zero-order chi connectivity index (χ0) is 14.4. The van der Waals surface area contributed by atoms with Crippen molar-refractivity contribution in [3.05, 3.63) is 64.1 Å². The van der Waals surface area contributed by atoms with E-state index in [2.05, 4.69) is 15.6 Å². The van der Waals surface area contributed by atoms with Gasteiger partial charge < -0.3 is 15.6 Å². The third kappa shape index (κ3) is 3.55. The van der Waals surface area contributed by atoms with Crippen molar-refractivity contribution in [3.63, 3.8) is 0 Å². The standard InChI is InChI=1S/C15H17N3O2/c1-2-16-9-11-4-3-5-12(8-11)18-15(20)13-10-17-7-6-14(13)19/h3-8,10,16H,2,9H2,1H3,(H,17,19)(H,18,20). The molecule has 0 aliphatic carbocycles. The fraction of sp³-hybridized carbons (Fsp3) is 0.200. The molecule has 20 heavy (non-hydrogen) atoms. The van der Waals surface area contributed by atoms with Gasteiger partial charge in [-0.05, 0) is 24.2 Å². The highest BCUT2D eigenvalue weighted by Crippen LogP contribution is 2.11. The number of aromatic amines is 1. The van der Waals surface area contributed by atoms with Gasteiger partial charge in [-0.3, -0.25) is 9.59 Å². The van der Waals surface area contributed by atoms with Crippen LogP contribution < -0.4 is 16.1 Å². The average molecular weight is 271 g/mol. The maximum Gasteiger partial charge on any atom is 0.261 e. The average Bonchev–Trinajstić information content (AvgIpc) is 2.46. The molecule has 1 heterocycles. The Morgan fingerprint density at radius 2 is 2.15 bits per heavy atom. The molecule has 1 amide bonds. The number of amides is 1. The molecule has 5 nitrogen and oxygen atoms in total. The molecule has 0 aliphatic heterocycles. The molecule has 0 aliphatic rings. The predicted octanol–water partition coefficient (Wildman–Crippen LogP) is 1.74. The van der Waals surface area contributed by atoms with E-state index < -0.39 is 5.91 Å². The van der Waals surface area contributed by atoms with Crippen LogP contribution in [0.15, 0.2) is 47.5 Å². The second-order valence-electron chi connectivity index (χ2n) is 4.36. The molecule has 0 spiro atoms. The van der Waals surface area contributed by atoms with Gasteiger partial charge in [-0.1, -0.05) is 19.1 Å². The van der Waals surface area contributed by atoms with Crippen molar-refractivity contribution < 1.29 is 4.79 Å². The van der Waals surface area contributed by atoms with Gasteiger partial charge in [-0.15, -0.1) is 0 Å². The lowest BCUT2D eigenvalue weighted by molar-refractivity contribution is 0.102. The molecular weight excluding hydrogens is 254 g/mol. The van der Waals surface area contributed by atoms with Crippen molar-refractivity contribution in [3.8, 4) is 0 Å². The van der Waals surface area contributed by atoms with Gasteiger partial charge in [0.2, 0.25) is 0 Å². The number of H-pyrrole nitrogens is 1. The smallest absolute Gasteiger partial charge is 0.261 e. The van der Waals surface area contributed by atoms with Gasteiger partial charge in [0.1, 0.15) is 5.56 Å². The zero-order valence-electron chi connectivity index (χ0n) is 11.3. The van der Waals surface area contributed by atoms with E-state index in [4.69, 9.17) is 0 Å². The number of anilines is 1. The molecule has 0 bridgehead atoms. The summed E-state index contributed by atoms with van der Waals surface area (Å²) in [4.78, 5) is 26.3. The molecule has 1 aromatic carbocycles. The first-order valence-corrected chi connectivity index (χ1v) is 6.49. The Labute approximate surface area is 117 Å². The first-order chi connectivity index (χ1) is 9.70. The molecule has 3 N–H and O–H groups in total. The highest BCUT2D eigenvalue weighted by molar-refractivity contribution is 6.03. The molecular formula is C15H17N3O2. The Bertz CT molecular complexity index is 649. The van der Waals surface area contributed by atoms with E-state index in [9.17, 15) is 9.59 Å². The normalized spacial score (nSPS) is 10.2. The van der Waals surface area contributed by atoms with Crippen molar-refractivity contribution in [1.29, 1.82) is 0 Å². The van der Waals surface area contributed by atoms with Gasteiger partial charge in [0.25, 0.3) is 5.91 Å². The molecule has 5 heteroatoms. The van der Waals surface area contributed by atoms with Crippen LogP contribution >= 0.6 is 0 Å². The third-order valence-corrected chi connectivity index (χ3v) is 2.83. The SMILES string of the molecule is CCNCc1cccc(NC(=O)c2c[nH]ccc2=O)c1. The Morgan fingerprint density at radius 1 is 1.30 bits per heavy atom. The first kappa shape index (κ1) is 14.0. The molecule has 0 saturated heterocycles. The third-order valence-electron chi connectivity index (χ3n) is 2.83. The molecule has 2 rings (SSSR count). The second-order valence-corrected chi connectivity index (χ2v) is 4.36. The van der Waals surface area contributed by atoms with Gasteiger partial charge >= 0.3 is 0 Å². The molecule has 104 valence electrons. The number of benzene rings is 1. The quantitative estimate of drug-likeness (QED) is 0.775. The van der Waals surface area contributed by atoms with E-state index in [1.165, 1.54) is 18.5 Å². The van der Waals surface area contributed by atoms with Crippen LogP contribution in [0.1, 0.15) is 22.8 Å². The number of carbonyl (C=O) groups excluding carboxylic acids is 1. The van der Waals surface area contributed by atoms with E-state index in [0.717, 1.165) is 18.7 Å². The lowest BCUT2D eigenvalue weighted by Gasteiger charge is -2.07. The van der Waals surface area contributed by atoms with E-state index in [1.54, 1.807) is 6.07 Å². The number of hydrogen-bond acceptors (Lipinski definition) is 3. The van der Waals surface area contributed by atoms with Crippen LogP contribution in [0, 0.1) is 0 Å². The minimum absolute atomic E-state index is 0.101. The van der Waals surface area contributed by atoms with Crippen molar-refractivity contribution >= 4 is 11.6 Å². The van der Waals surface area contributed by atoms with Gasteiger partial charge in [0, 0.05) is 30.7 Å². The zero-order valence-corrected chi connectivity index (χ0v) is 11.3. The lowest BCUT2D eigenvalue weighted by Crippen LogP contribution is -2.21. The molecule has 0 unspecified atom stereocenters. The fourth-order valence-corrected chi connectivity index (χ4v) is 1.82. The van der Waals surface area contributed by atoms with Crippen LogP contribution in [-0.2, 0) is 6.54 Å². The number of rotatable bonds is 5. The van der Waals surface area contributed by atoms with E-state index in [1.807, 2.05) is 25.1 Å². The maximum atomic E-state index is 12.0. The highest BCUT2D eigenvalue weighted by Gasteiger charge is 2.09. The van der Waals surface area contributed by atoms with Crippen LogP contribution in [0.4, 0.5) is 5.69 Å². The number of aromatic nitrogens is 1. The number of carbonyl (C=O) groups is 1. The lowest BCUT2D eigenvalue weighted by atomic mass is 10.2. The minimum atomic E-state index is -0.410. The summed E-state index contributed by atoms with van der Waals surface area (Å²) in [6.07, 6.45) is 2.90. The van der Waals surface area contributed by atoms with Crippen LogP contribution in [-0.4, -0.2) is 17.4 Å². The van der Waals surface area contributed by atoms with Crippen molar-refractivity contribution in [2.75, 3.05) is 11.9 Å². The Kier molecular flexibility index (Phi) is 4.68. The van der Waals surface area contributed by atoms with Crippen LogP contribution in [0.3, 0.4) is 0 Å². The molecule has 0 radical (unpaired) electrons. The van der Waals surface area contributed by atoms with Gasteiger partial charge in [0.15, 0.2) is 5.43 Å². The molecule has 0 saturated carbocycles. The predicted molar refractivity (Wildman–Crippen MR) is 78.8 cm³/mol. The summed E-state index contributed by atoms with van der Waals surface area (Å²) in [5, 5.41) is 5.95. The van der Waals surface area contributed by atoms with Crippen LogP contribution in [0.25, 0.3) is 0 Å². The highest BCUT2D eigenvalue weighted by atomic mass is 16.2. The summed E-state index contributed by atoms with van der Waals surface area (Å²) >= 11 is 0. The number of nitrogens with one attached hydrogen (secondary N) is 3. The molecule has 0 atom stereocenters. The fourth-order valence-electron chi connectivity index (χ4n) is 1.82. The van der Waals surface area contributed by atoms with Gasteiger partial charge in [0.05, 0.1) is 0 Å². The topological polar surface area (TPSA) is 74.0 Å². The summed E-state index contributed by atoms with van der Waals surface area (Å²) in [6.45, 7) is 3.66. The van der Waals surface area contributed by atoms with Crippen molar-refractivity contribution in [1.82, 2.24) is 10.3 Å². The Balaban J connectivity index is 2.12. The summed E-state index contributed by atoms with van der Waals surface area (Å²) in [5.74, 6) is -0.410. The molecule has 2 aromatic rings. The summed E-state index contributed by atoms with van der Waals surface area (Å²) in [5.41, 5.74) is 1.55. The van der Waals surface area contributed by atoms with Crippen LogP contribution in [0.5, 0.6) is 0 Å². The second kappa shape index (κ2) is 6.68. The minimum Gasteiger partial charge on any atom is -0.367 e. The largest absolute Gasteiger partial charge is 0.367 e. The molecule has 0 fully saturated rings. The van der Waals surface area contributed by atoms with E-state index in [0.29, 0.717) is 5.69 Å². The van der Waals surface area contributed by atoms with Crippen molar-refractivity contribution in [2.24, 2.45) is 0 Å². The Morgan fingerprint density at radius 3 is 2.90 bits per heavy atom. The van der Waals surface area contributed by atoms with Crippen LogP contribution in [0.2, 0.25) is 0 Å². The summed E-state index contributed by atoms with van der Waals surface area (Å²) in [7, 11) is 0. The van der Waals surface area contributed by atoms with E-state index >= 15 is 0 Å². The summed E-state index contributed by atoms with van der Waals surface area (Å²) < 4.78 is 0. The van der Waals surface area contributed by atoms with Gasteiger partial charge in [-0.25, -0.2) is 0 Å². The first-order valence-electron chi connectivity index (χ1n) is 6.49. The number of hydrogen-bond donors (Lipinski definition) is 3. The molecule has 1 aromatic heterocycles. The van der Waals surface area contributed by atoms with Gasteiger partial charge in [-0.2, -0.15) is 0 Å². The number of pyridine rings is 1. The summed E-state index contributed by atoms with van der Waals surface area (Å²) in [6, 6.07) is 8.86. The Hall–Kier alpha value is -2.40.